The smallest absolute Gasteiger partial charge is 0.0568 e. The molecule has 5 rings (SSSR count). The number of hydrogen-bond acceptors (Lipinski definition) is 2. The second kappa shape index (κ2) is 7.08. The molecule has 0 aromatic carbocycles. The molecule has 5 fully saturated rings. The van der Waals surface area contributed by atoms with Crippen LogP contribution in [0, 0.1) is 57.2 Å². The Morgan fingerprint density at radius 3 is 2.29 bits per heavy atom. The van der Waals surface area contributed by atoms with Gasteiger partial charge in [-0.25, -0.2) is 0 Å². The third-order valence-corrected chi connectivity index (χ3v) is 13.1. The molecule has 0 bridgehead atoms. The molecule has 0 aromatic rings. The van der Waals surface area contributed by atoms with Crippen LogP contribution in [-0.4, -0.2) is 22.9 Å². The molecule has 31 heavy (non-hydrogen) atoms. The van der Waals surface area contributed by atoms with Crippen LogP contribution in [0.5, 0.6) is 0 Å². The summed E-state index contributed by atoms with van der Waals surface area (Å²) in [4.78, 5) is 0. The third-order valence-electron chi connectivity index (χ3n) is 13.1. The third kappa shape index (κ3) is 2.70. The summed E-state index contributed by atoms with van der Waals surface area (Å²) in [6, 6.07) is 0. The van der Waals surface area contributed by atoms with E-state index in [0.29, 0.717) is 46.5 Å². The highest BCUT2D eigenvalue weighted by Gasteiger charge is 2.69. The van der Waals surface area contributed by atoms with Crippen LogP contribution >= 0.6 is 0 Å². The van der Waals surface area contributed by atoms with E-state index in [1.54, 1.807) is 0 Å². The monoisotopic (exact) mass is 428 g/mol. The van der Waals surface area contributed by atoms with E-state index in [1.807, 2.05) is 0 Å². The fraction of sp³-hybridized carbons (Fsp3) is 0.931. The molecule has 0 saturated heterocycles. The largest absolute Gasteiger partial charge is 0.396 e. The number of allylic oxidation sites excluding steroid dienone is 1. The first-order valence-electron chi connectivity index (χ1n) is 13.5. The van der Waals surface area contributed by atoms with Crippen LogP contribution in [0.1, 0.15) is 98.8 Å². The van der Waals surface area contributed by atoms with Crippen molar-refractivity contribution < 1.29 is 10.2 Å². The van der Waals surface area contributed by atoms with Gasteiger partial charge in [-0.2, -0.15) is 0 Å². The fourth-order valence-electron chi connectivity index (χ4n) is 11.2. The normalized spacial score (nSPS) is 58.6. The van der Waals surface area contributed by atoms with Crippen molar-refractivity contribution in [2.24, 2.45) is 57.2 Å². The van der Waals surface area contributed by atoms with Gasteiger partial charge in [-0.15, -0.1) is 0 Å². The minimum absolute atomic E-state index is 0.0935. The van der Waals surface area contributed by atoms with Crippen molar-refractivity contribution in [2.45, 2.75) is 105 Å². The van der Waals surface area contributed by atoms with E-state index in [9.17, 15) is 10.2 Å². The van der Waals surface area contributed by atoms with Gasteiger partial charge in [-0.3, -0.25) is 0 Å². The first-order chi connectivity index (χ1) is 14.5. The second-order valence-electron chi connectivity index (χ2n) is 13.7. The molecule has 0 radical (unpaired) electrons. The van der Waals surface area contributed by atoms with Gasteiger partial charge < -0.3 is 10.2 Å². The van der Waals surface area contributed by atoms with Crippen molar-refractivity contribution in [3.05, 3.63) is 12.2 Å². The lowest BCUT2D eigenvalue weighted by Gasteiger charge is -2.72. The summed E-state index contributed by atoms with van der Waals surface area (Å²) in [5.41, 5.74) is 2.65. The van der Waals surface area contributed by atoms with Gasteiger partial charge in [-0.1, -0.05) is 39.8 Å². The number of fused-ring (bicyclic) bond motifs is 7. The van der Waals surface area contributed by atoms with Crippen LogP contribution in [0.25, 0.3) is 0 Å². The maximum Gasteiger partial charge on any atom is 0.0568 e. The van der Waals surface area contributed by atoms with E-state index in [2.05, 4.69) is 41.2 Å². The first kappa shape index (κ1) is 22.5. The average Bonchev–Trinajstić information content (AvgIpc) is 3.12. The minimum atomic E-state index is -0.0935. The molecule has 5 aliphatic carbocycles. The van der Waals surface area contributed by atoms with Crippen LogP contribution < -0.4 is 0 Å². The van der Waals surface area contributed by atoms with Crippen molar-refractivity contribution in [2.75, 3.05) is 6.61 Å². The van der Waals surface area contributed by atoms with E-state index >= 15 is 0 Å². The summed E-state index contributed by atoms with van der Waals surface area (Å²) in [7, 11) is 0. The van der Waals surface area contributed by atoms with E-state index in [-0.39, 0.29) is 11.5 Å². The molecule has 0 spiro atoms. The molecule has 2 heteroatoms. The number of rotatable bonds is 2. The molecule has 2 nitrogen and oxygen atoms in total. The van der Waals surface area contributed by atoms with Crippen molar-refractivity contribution in [1.29, 1.82) is 0 Å². The maximum absolute atomic E-state index is 10.6. The number of aliphatic hydroxyl groups is 2. The molecule has 4 unspecified atom stereocenters. The quantitative estimate of drug-likeness (QED) is 0.486. The lowest BCUT2D eigenvalue weighted by Crippen LogP contribution is -2.65. The average molecular weight is 429 g/mol. The van der Waals surface area contributed by atoms with Crippen LogP contribution in [0.2, 0.25) is 0 Å². The van der Waals surface area contributed by atoms with Crippen molar-refractivity contribution in [3.8, 4) is 0 Å². The van der Waals surface area contributed by atoms with Gasteiger partial charge in [0.05, 0.1) is 6.10 Å². The molecule has 2 N–H and O–H groups in total. The Morgan fingerprint density at radius 2 is 1.61 bits per heavy atom. The van der Waals surface area contributed by atoms with Gasteiger partial charge in [0.1, 0.15) is 0 Å². The summed E-state index contributed by atoms with van der Waals surface area (Å²) < 4.78 is 0. The van der Waals surface area contributed by atoms with Crippen LogP contribution in [0.3, 0.4) is 0 Å². The van der Waals surface area contributed by atoms with Crippen molar-refractivity contribution in [3.63, 3.8) is 0 Å². The molecule has 0 aromatic heterocycles. The molecule has 5 aliphatic rings. The standard InChI is InChI=1S/C29H48O2/c1-18(2)20-9-14-29(17-30)16-15-27(5)22(25(20)29)7-8-24-26(4)12-11-23(31)19(3)21(26)10-13-28(24,27)6/h19-25,30-31H,1,7-17H2,2-6H3/t19-,20+,21?,22?,23+,24?,25?,26+,27-,28-,29-/m1/s1. The lowest BCUT2D eigenvalue weighted by molar-refractivity contribution is -0.237. The van der Waals surface area contributed by atoms with Crippen molar-refractivity contribution in [1.82, 2.24) is 0 Å². The molecule has 11 atom stereocenters. The Labute approximate surface area is 191 Å². The second-order valence-corrected chi connectivity index (χ2v) is 13.7. The predicted octanol–water partition coefficient (Wildman–Crippen LogP) is 6.61. The van der Waals surface area contributed by atoms with E-state index < -0.39 is 0 Å². The molecule has 0 heterocycles. The van der Waals surface area contributed by atoms with Gasteiger partial charge in [0, 0.05) is 6.61 Å². The zero-order valence-electron chi connectivity index (χ0n) is 20.9. The van der Waals surface area contributed by atoms with E-state index in [1.165, 1.54) is 63.4 Å². The maximum atomic E-state index is 10.6. The Balaban J connectivity index is 1.54. The van der Waals surface area contributed by atoms with Crippen LogP contribution in [0.15, 0.2) is 12.2 Å². The Kier molecular flexibility index (Phi) is 5.13. The summed E-state index contributed by atoms with van der Waals surface area (Å²) in [5, 5.41) is 21.3. The summed E-state index contributed by atoms with van der Waals surface area (Å²) >= 11 is 0. The Morgan fingerprint density at radius 1 is 0.871 bits per heavy atom. The van der Waals surface area contributed by atoms with Crippen LogP contribution in [-0.2, 0) is 0 Å². The number of hydrogen-bond donors (Lipinski definition) is 2. The molecule has 0 amide bonds. The molecular formula is C29H48O2. The molecule has 5 saturated carbocycles. The molecule has 176 valence electrons. The predicted molar refractivity (Wildman–Crippen MR) is 127 cm³/mol. The molecular weight excluding hydrogens is 380 g/mol. The highest BCUT2D eigenvalue weighted by Crippen LogP contribution is 2.76. The number of aliphatic hydroxyl groups excluding tert-OH is 2. The molecule has 0 aliphatic heterocycles. The zero-order valence-corrected chi connectivity index (χ0v) is 20.9. The SMILES string of the molecule is C=C(C)[C@@H]1CC[C@]2(CO)CC[C@]3(C)C(CCC4[C@@]5(C)CC[C@H](O)[C@H](C)C5CC[C@]43C)C12. The van der Waals surface area contributed by atoms with Gasteiger partial charge in [-0.05, 0) is 128 Å². The highest BCUT2D eigenvalue weighted by molar-refractivity contribution is 5.20. The van der Waals surface area contributed by atoms with Gasteiger partial charge in [0.25, 0.3) is 0 Å². The first-order valence-corrected chi connectivity index (χ1v) is 13.5. The summed E-state index contributed by atoms with van der Waals surface area (Å²) in [5.74, 6) is 3.87. The topological polar surface area (TPSA) is 40.5 Å². The van der Waals surface area contributed by atoms with Gasteiger partial charge >= 0.3 is 0 Å². The summed E-state index contributed by atoms with van der Waals surface area (Å²) in [6.07, 6.45) is 12.4. The van der Waals surface area contributed by atoms with Gasteiger partial charge in [0.2, 0.25) is 0 Å². The summed E-state index contributed by atoms with van der Waals surface area (Å²) in [6.45, 7) is 17.3. The Hall–Kier alpha value is -0.340. The lowest BCUT2D eigenvalue weighted by atomic mass is 9.33. The van der Waals surface area contributed by atoms with Crippen LogP contribution in [0.4, 0.5) is 0 Å². The van der Waals surface area contributed by atoms with E-state index in [0.717, 1.165) is 18.3 Å². The van der Waals surface area contributed by atoms with E-state index in [4.69, 9.17) is 0 Å². The van der Waals surface area contributed by atoms with Gasteiger partial charge in [0.15, 0.2) is 0 Å². The highest BCUT2D eigenvalue weighted by atomic mass is 16.3. The minimum Gasteiger partial charge on any atom is -0.396 e. The van der Waals surface area contributed by atoms with Crippen molar-refractivity contribution >= 4 is 0 Å². The Bertz CT molecular complexity index is 745. The zero-order chi connectivity index (χ0) is 22.4. The fourth-order valence-corrected chi connectivity index (χ4v) is 11.2.